The van der Waals surface area contributed by atoms with Crippen molar-refractivity contribution in [2.45, 2.75) is 19.6 Å². The summed E-state index contributed by atoms with van der Waals surface area (Å²) in [5.41, 5.74) is 1.40. The van der Waals surface area contributed by atoms with Crippen molar-refractivity contribution in [3.8, 4) is 11.5 Å². The molecule has 36 heavy (non-hydrogen) atoms. The summed E-state index contributed by atoms with van der Waals surface area (Å²) in [7, 11) is 2.24. The fourth-order valence-electron chi connectivity index (χ4n) is 4.41. The number of ether oxygens (including phenoxy) is 2. The Kier molecular flexibility index (Phi) is 8.18. The van der Waals surface area contributed by atoms with Crippen molar-refractivity contribution in [3.63, 3.8) is 0 Å². The lowest BCUT2D eigenvalue weighted by molar-refractivity contribution is 0.134. The molecule has 0 saturated carbocycles. The molecule has 0 bridgehead atoms. The van der Waals surface area contributed by atoms with Gasteiger partial charge >= 0.3 is 6.03 Å². The molecule has 1 aliphatic rings. The minimum absolute atomic E-state index is 0.310. The molecule has 0 aromatic heterocycles. The van der Waals surface area contributed by atoms with Crippen LogP contribution < -0.4 is 25.3 Å². The third-order valence-corrected chi connectivity index (χ3v) is 8.75. The second-order valence-electron chi connectivity index (χ2n) is 10.4. The normalized spacial score (nSPS) is 15.0. The lowest BCUT2D eigenvalue weighted by Gasteiger charge is -2.32. The van der Waals surface area contributed by atoms with Gasteiger partial charge in [0.1, 0.15) is 18.1 Å². The molecule has 3 aromatic carbocycles. The molecule has 1 heterocycles. The van der Waals surface area contributed by atoms with Gasteiger partial charge in [0.2, 0.25) is 0 Å². The Morgan fingerprint density at radius 2 is 1.56 bits per heavy atom. The van der Waals surface area contributed by atoms with Gasteiger partial charge in [-0.2, -0.15) is 0 Å². The molecular weight excluding hydrogens is 468 g/mol. The van der Waals surface area contributed by atoms with Crippen LogP contribution in [0.1, 0.15) is 0 Å². The number of hydrogen-bond donors (Lipinski definition) is 2. The maximum Gasteiger partial charge on any atom is 0.323 e. The zero-order chi connectivity index (χ0) is 25.7. The first-order chi connectivity index (χ1) is 17.2. The summed E-state index contributed by atoms with van der Waals surface area (Å²) in [6.45, 7) is 12.7. The number of carbonyl (C=O) groups excluding carboxylic acids is 1. The van der Waals surface area contributed by atoms with Gasteiger partial charge in [0.05, 0.1) is 26.6 Å². The Labute approximate surface area is 215 Å². The van der Waals surface area contributed by atoms with Crippen LogP contribution >= 0.6 is 0 Å². The molecule has 3 aromatic rings. The molecule has 8 heteroatoms. The van der Waals surface area contributed by atoms with Crippen molar-refractivity contribution in [1.82, 2.24) is 9.80 Å². The first-order valence-electron chi connectivity index (χ1n) is 12.6. The molecule has 1 aliphatic heterocycles. The standard InChI is InChI=1S/C28H38N4O3Si/c1-31-14-16-32(17-15-31)18-19-35-26-13-11-24(22-8-6-7-9-23(22)26)29-28(33)30-25-20-21(36(3,4)5)10-12-27(25)34-2/h6-13,20H,14-19H2,1-5H3,(H2,29,30,33). The van der Waals surface area contributed by atoms with Crippen LogP contribution in [-0.4, -0.2) is 77.4 Å². The van der Waals surface area contributed by atoms with Crippen molar-refractivity contribution in [2.24, 2.45) is 0 Å². The SMILES string of the molecule is COc1ccc([Si](C)(C)C)cc1NC(=O)Nc1ccc(OCCN2CCN(C)CC2)c2ccccc12. The van der Waals surface area contributed by atoms with Crippen molar-refractivity contribution < 1.29 is 14.3 Å². The van der Waals surface area contributed by atoms with Crippen LogP contribution in [0.2, 0.25) is 19.6 Å². The zero-order valence-electron chi connectivity index (χ0n) is 22.1. The first-order valence-corrected chi connectivity index (χ1v) is 16.1. The molecule has 0 radical (unpaired) electrons. The fraction of sp³-hybridized carbons (Fsp3) is 0.393. The number of methoxy groups -OCH3 is 1. The van der Waals surface area contributed by atoms with E-state index in [0.29, 0.717) is 18.0 Å². The second kappa shape index (κ2) is 11.3. The molecule has 4 rings (SSSR count). The third-order valence-electron chi connectivity index (χ3n) is 6.71. The molecule has 1 saturated heterocycles. The molecule has 0 unspecified atom stereocenters. The number of carbonyl (C=O) groups is 1. The van der Waals surface area contributed by atoms with Crippen LogP contribution in [0.5, 0.6) is 11.5 Å². The zero-order valence-corrected chi connectivity index (χ0v) is 23.1. The van der Waals surface area contributed by atoms with Gasteiger partial charge in [-0.25, -0.2) is 4.79 Å². The predicted octanol–water partition coefficient (Wildman–Crippen LogP) is 4.66. The molecule has 192 valence electrons. The highest BCUT2D eigenvalue weighted by Crippen LogP contribution is 2.32. The summed E-state index contributed by atoms with van der Waals surface area (Å²) < 4.78 is 11.7. The highest BCUT2D eigenvalue weighted by atomic mass is 28.3. The van der Waals surface area contributed by atoms with Gasteiger partial charge in [-0.3, -0.25) is 4.90 Å². The molecule has 0 spiro atoms. The number of hydrogen-bond acceptors (Lipinski definition) is 5. The molecular formula is C28H38N4O3Si. The van der Waals surface area contributed by atoms with Crippen LogP contribution in [0.15, 0.2) is 54.6 Å². The maximum absolute atomic E-state index is 13.0. The molecule has 0 aliphatic carbocycles. The summed E-state index contributed by atoms with van der Waals surface area (Å²) in [5.74, 6) is 1.47. The first kappa shape index (κ1) is 26.0. The molecule has 0 atom stereocenters. The van der Waals surface area contributed by atoms with E-state index >= 15 is 0 Å². The van der Waals surface area contributed by atoms with Crippen molar-refractivity contribution in [2.75, 3.05) is 64.1 Å². The molecule has 7 nitrogen and oxygen atoms in total. The summed E-state index contributed by atoms with van der Waals surface area (Å²) in [4.78, 5) is 17.8. The highest BCUT2D eigenvalue weighted by molar-refractivity contribution is 6.88. The number of anilines is 2. The molecule has 2 amide bonds. The van der Waals surface area contributed by atoms with E-state index < -0.39 is 8.07 Å². The third kappa shape index (κ3) is 6.37. The largest absolute Gasteiger partial charge is 0.495 e. The van der Waals surface area contributed by atoms with Crippen molar-refractivity contribution in [3.05, 3.63) is 54.6 Å². The second-order valence-corrected chi connectivity index (χ2v) is 15.5. The number of nitrogens with one attached hydrogen (secondary N) is 2. The van der Waals surface area contributed by atoms with E-state index in [9.17, 15) is 4.79 Å². The van der Waals surface area contributed by atoms with Crippen LogP contribution in [0.25, 0.3) is 10.8 Å². The van der Waals surface area contributed by atoms with E-state index in [1.54, 1.807) is 7.11 Å². The van der Waals surface area contributed by atoms with Crippen molar-refractivity contribution >= 4 is 41.4 Å². The van der Waals surface area contributed by atoms with E-state index in [0.717, 1.165) is 54.9 Å². The van der Waals surface area contributed by atoms with E-state index in [2.05, 4.69) is 53.2 Å². The summed E-state index contributed by atoms with van der Waals surface area (Å²) in [6, 6.07) is 17.6. The number of urea groups is 1. The Hall–Kier alpha value is -3.07. The van der Waals surface area contributed by atoms with E-state index in [1.807, 2.05) is 48.5 Å². The van der Waals surface area contributed by atoms with Gasteiger partial charge in [0.15, 0.2) is 0 Å². The monoisotopic (exact) mass is 506 g/mol. The Morgan fingerprint density at radius 1 is 0.889 bits per heavy atom. The van der Waals surface area contributed by atoms with Gasteiger partial charge < -0.3 is 25.0 Å². The van der Waals surface area contributed by atoms with Gasteiger partial charge in [-0.05, 0) is 31.3 Å². The van der Waals surface area contributed by atoms with Crippen LogP contribution in [0, 0.1) is 0 Å². The van der Waals surface area contributed by atoms with Crippen molar-refractivity contribution in [1.29, 1.82) is 0 Å². The Balaban J connectivity index is 1.46. The summed E-state index contributed by atoms with van der Waals surface area (Å²) >= 11 is 0. The van der Waals surface area contributed by atoms with E-state index in [4.69, 9.17) is 9.47 Å². The number of likely N-dealkylation sites (N-methyl/N-ethyl adjacent to an activating group) is 1. The minimum atomic E-state index is -1.54. The fourth-order valence-corrected chi connectivity index (χ4v) is 5.57. The summed E-state index contributed by atoms with van der Waals surface area (Å²) in [6.07, 6.45) is 0. The van der Waals surface area contributed by atoms with Gasteiger partial charge in [-0.1, -0.05) is 55.2 Å². The lowest BCUT2D eigenvalue weighted by Crippen LogP contribution is -2.45. The molecule has 1 fully saturated rings. The highest BCUT2D eigenvalue weighted by Gasteiger charge is 2.19. The Morgan fingerprint density at radius 3 is 2.25 bits per heavy atom. The average Bonchev–Trinajstić information content (AvgIpc) is 2.86. The summed E-state index contributed by atoms with van der Waals surface area (Å²) in [5, 5.41) is 9.17. The number of amides is 2. The number of rotatable bonds is 8. The lowest BCUT2D eigenvalue weighted by atomic mass is 10.1. The number of piperazine rings is 1. The smallest absolute Gasteiger partial charge is 0.323 e. The molecule has 2 N–H and O–H groups in total. The van der Waals surface area contributed by atoms with E-state index in [1.165, 1.54) is 5.19 Å². The Bertz CT molecular complexity index is 1200. The van der Waals surface area contributed by atoms with Crippen LogP contribution in [0.3, 0.4) is 0 Å². The predicted molar refractivity (Wildman–Crippen MR) is 152 cm³/mol. The number of fused-ring (bicyclic) bond motifs is 1. The van der Waals surface area contributed by atoms with Gasteiger partial charge in [0.25, 0.3) is 0 Å². The van der Waals surface area contributed by atoms with Gasteiger partial charge in [0, 0.05) is 43.5 Å². The van der Waals surface area contributed by atoms with Gasteiger partial charge in [-0.15, -0.1) is 0 Å². The average molecular weight is 507 g/mol. The number of nitrogens with zero attached hydrogens (tertiary/aromatic N) is 2. The van der Waals surface area contributed by atoms with Crippen LogP contribution in [0.4, 0.5) is 16.2 Å². The quantitative estimate of drug-likeness (QED) is 0.435. The topological polar surface area (TPSA) is 66.1 Å². The van der Waals surface area contributed by atoms with Crippen LogP contribution in [-0.2, 0) is 0 Å². The van der Waals surface area contributed by atoms with E-state index in [-0.39, 0.29) is 6.03 Å². The minimum Gasteiger partial charge on any atom is -0.495 e. The maximum atomic E-state index is 13.0. The number of benzene rings is 3.